The lowest BCUT2D eigenvalue weighted by Crippen LogP contribution is -2.49. The molecule has 3 aromatic rings. The van der Waals surface area contributed by atoms with Gasteiger partial charge in [-0.1, -0.05) is 18.2 Å². The maximum absolute atomic E-state index is 15.0. The summed E-state index contributed by atoms with van der Waals surface area (Å²) in [6.45, 7) is 4.01. The van der Waals surface area contributed by atoms with Gasteiger partial charge in [-0.25, -0.2) is 13.6 Å². The van der Waals surface area contributed by atoms with Crippen LogP contribution in [0.4, 0.5) is 27.8 Å². The van der Waals surface area contributed by atoms with Gasteiger partial charge in [-0.2, -0.15) is 18.2 Å². The molecule has 0 bridgehead atoms. The Hall–Kier alpha value is -3.16. The lowest BCUT2D eigenvalue weighted by molar-refractivity contribution is -0.137. The molecule has 0 aliphatic carbocycles. The predicted octanol–water partition coefficient (Wildman–Crippen LogP) is 4.32. The normalized spacial score (nSPS) is 17.9. The molecule has 1 N–H and O–H groups in total. The summed E-state index contributed by atoms with van der Waals surface area (Å²) in [5.41, 5.74) is -3.21. The van der Waals surface area contributed by atoms with Crippen molar-refractivity contribution in [2.45, 2.75) is 23.7 Å². The number of benzene rings is 2. The van der Waals surface area contributed by atoms with E-state index in [0.717, 1.165) is 34.5 Å². The molecule has 1 fully saturated rings. The molecule has 1 unspecified atom stereocenters. The van der Waals surface area contributed by atoms with Gasteiger partial charge < -0.3 is 14.9 Å². The van der Waals surface area contributed by atoms with Crippen molar-refractivity contribution in [3.05, 3.63) is 63.6 Å². The molecule has 7 nitrogen and oxygen atoms in total. The molecule has 2 aliphatic rings. The van der Waals surface area contributed by atoms with E-state index in [1.54, 1.807) is 4.90 Å². The van der Waals surface area contributed by atoms with Gasteiger partial charge in [-0.05, 0) is 18.2 Å². The van der Waals surface area contributed by atoms with E-state index in [0.29, 0.717) is 6.07 Å². The van der Waals surface area contributed by atoms with Crippen LogP contribution in [0.5, 0.6) is 0 Å². The van der Waals surface area contributed by atoms with Gasteiger partial charge in [-0.15, -0.1) is 11.8 Å². The number of carbonyl (C=O) groups is 1. The summed E-state index contributed by atoms with van der Waals surface area (Å²) in [6.07, 6.45) is -4.95. The second-order valence-corrected chi connectivity index (χ2v) is 10.5. The fourth-order valence-corrected chi connectivity index (χ4v) is 6.21. The highest BCUT2D eigenvalue weighted by Gasteiger charge is 2.39. The van der Waals surface area contributed by atoms with Crippen molar-refractivity contribution < 1.29 is 31.9 Å². The number of hydrogen-bond donors (Lipinski definition) is 1. The molecule has 1 atom stereocenters. The molecule has 14 heteroatoms. The molecule has 1 aromatic heterocycles. The minimum atomic E-state index is -4.99. The first-order valence-electron chi connectivity index (χ1n) is 11.7. The van der Waals surface area contributed by atoms with Gasteiger partial charge in [-0.3, -0.25) is 9.36 Å². The number of rotatable bonds is 3. The third kappa shape index (κ3) is 4.87. The summed E-state index contributed by atoms with van der Waals surface area (Å²) in [5.74, 6) is -2.83. The fraction of sp³-hybridized carbons (Fsp3) is 0.320. The Morgan fingerprint density at radius 1 is 1.15 bits per heavy atom. The van der Waals surface area contributed by atoms with Crippen LogP contribution in [0.25, 0.3) is 22.0 Å². The monoisotopic (exact) mass is 586 g/mol. The van der Waals surface area contributed by atoms with E-state index in [-0.39, 0.29) is 66.0 Å². The number of piperazine rings is 1. The van der Waals surface area contributed by atoms with Crippen LogP contribution in [0, 0.1) is 11.6 Å². The standard InChI is InChI=1S/C25H20ClF5N4O3S/c1-2-19(37)33-3-5-34(6-4-33)23-14-7-15(25(29,30)31)20(13-8-16(26)18(28)9-17(13)27)22-21(14)35(24(38)32-23)10-12(36)11-39-22/h2,7-9,12,36H,1,3-6,10-11H2. The first kappa shape index (κ1) is 27.4. The zero-order valence-electron chi connectivity index (χ0n) is 20.1. The molecule has 0 saturated carbocycles. The summed E-state index contributed by atoms with van der Waals surface area (Å²) in [6, 6.07) is 1.98. The van der Waals surface area contributed by atoms with E-state index in [1.807, 2.05) is 0 Å². The van der Waals surface area contributed by atoms with Gasteiger partial charge in [0.25, 0.3) is 0 Å². The molecule has 2 aromatic carbocycles. The third-order valence-electron chi connectivity index (χ3n) is 6.66. The van der Waals surface area contributed by atoms with E-state index in [1.165, 1.54) is 4.90 Å². The SMILES string of the molecule is C=CC(=O)N1CCN(c2nc(=O)n3c4c(c(-c5cc(Cl)c(F)cc5F)c(C(F)(F)F)cc24)SCC(O)C3)CC1. The molecular formula is C25H20ClF5N4O3S. The van der Waals surface area contributed by atoms with E-state index < -0.39 is 51.3 Å². The maximum Gasteiger partial charge on any atom is 0.417 e. The van der Waals surface area contributed by atoms with Crippen molar-refractivity contribution in [2.24, 2.45) is 0 Å². The number of aliphatic hydroxyl groups is 1. The zero-order chi connectivity index (χ0) is 28.2. The quantitative estimate of drug-likeness (QED) is 0.280. The molecule has 1 amide bonds. The molecule has 206 valence electrons. The molecule has 2 aliphatic heterocycles. The van der Waals surface area contributed by atoms with E-state index >= 15 is 4.39 Å². The molecule has 5 rings (SSSR count). The van der Waals surface area contributed by atoms with Crippen LogP contribution in [-0.2, 0) is 17.5 Å². The van der Waals surface area contributed by atoms with Gasteiger partial charge in [0.2, 0.25) is 5.91 Å². The Labute approximate surface area is 227 Å². The molecule has 0 spiro atoms. The van der Waals surface area contributed by atoms with Crippen LogP contribution in [0.2, 0.25) is 5.02 Å². The number of anilines is 1. The Bertz CT molecular complexity index is 1570. The summed E-state index contributed by atoms with van der Waals surface area (Å²) >= 11 is 6.67. The van der Waals surface area contributed by atoms with Gasteiger partial charge in [0.1, 0.15) is 17.5 Å². The highest BCUT2D eigenvalue weighted by molar-refractivity contribution is 7.99. The predicted molar refractivity (Wildman–Crippen MR) is 137 cm³/mol. The van der Waals surface area contributed by atoms with Crippen molar-refractivity contribution in [3.63, 3.8) is 0 Å². The number of hydrogen-bond acceptors (Lipinski definition) is 6. The summed E-state index contributed by atoms with van der Waals surface area (Å²) in [4.78, 5) is 32.3. The first-order valence-corrected chi connectivity index (χ1v) is 13.1. The Morgan fingerprint density at radius 2 is 1.85 bits per heavy atom. The smallest absolute Gasteiger partial charge is 0.390 e. The molecule has 0 radical (unpaired) electrons. The van der Waals surface area contributed by atoms with E-state index in [9.17, 15) is 32.3 Å². The Morgan fingerprint density at radius 3 is 2.49 bits per heavy atom. The fourth-order valence-electron chi connectivity index (χ4n) is 4.86. The van der Waals surface area contributed by atoms with Crippen LogP contribution in [-0.4, -0.2) is 63.5 Å². The Balaban J connectivity index is 1.83. The van der Waals surface area contributed by atoms with Crippen LogP contribution in [0.1, 0.15) is 5.56 Å². The summed E-state index contributed by atoms with van der Waals surface area (Å²) < 4.78 is 73.7. The van der Waals surface area contributed by atoms with Crippen molar-refractivity contribution in [3.8, 4) is 11.1 Å². The number of halogens is 6. The summed E-state index contributed by atoms with van der Waals surface area (Å²) in [7, 11) is 0. The first-order chi connectivity index (χ1) is 18.4. The van der Waals surface area contributed by atoms with E-state index in [4.69, 9.17) is 11.6 Å². The number of aromatic nitrogens is 2. The van der Waals surface area contributed by atoms with Gasteiger partial charge >= 0.3 is 11.9 Å². The molecular weight excluding hydrogens is 567 g/mol. The second-order valence-electron chi connectivity index (χ2n) is 9.08. The number of nitrogens with zero attached hydrogens (tertiary/aromatic N) is 4. The molecule has 3 heterocycles. The van der Waals surface area contributed by atoms with Gasteiger partial charge in [0, 0.05) is 59.4 Å². The third-order valence-corrected chi connectivity index (χ3v) is 8.19. The van der Waals surface area contributed by atoms with Crippen LogP contribution >= 0.6 is 23.4 Å². The van der Waals surface area contributed by atoms with Gasteiger partial charge in [0.15, 0.2) is 0 Å². The van der Waals surface area contributed by atoms with Crippen LogP contribution < -0.4 is 10.6 Å². The summed E-state index contributed by atoms with van der Waals surface area (Å²) in [5, 5.41) is 9.85. The van der Waals surface area contributed by atoms with Crippen LogP contribution in [0.3, 0.4) is 0 Å². The lowest BCUT2D eigenvalue weighted by Gasteiger charge is -2.35. The van der Waals surface area contributed by atoms with Crippen molar-refractivity contribution in [1.82, 2.24) is 14.5 Å². The number of thioether (sulfide) groups is 1. The zero-order valence-corrected chi connectivity index (χ0v) is 21.6. The average molecular weight is 587 g/mol. The highest BCUT2D eigenvalue weighted by atomic mass is 35.5. The highest BCUT2D eigenvalue weighted by Crippen LogP contribution is 2.49. The van der Waals surface area contributed by atoms with Crippen molar-refractivity contribution in [2.75, 3.05) is 36.8 Å². The second kappa shape index (κ2) is 10.1. The minimum Gasteiger partial charge on any atom is -0.390 e. The number of amides is 1. The Kier molecular flexibility index (Phi) is 7.10. The molecule has 1 saturated heterocycles. The maximum atomic E-state index is 15.0. The number of alkyl halides is 3. The van der Waals surface area contributed by atoms with Gasteiger partial charge in [0.05, 0.1) is 28.8 Å². The minimum absolute atomic E-state index is 0.0233. The van der Waals surface area contributed by atoms with Crippen molar-refractivity contribution in [1.29, 1.82) is 0 Å². The van der Waals surface area contributed by atoms with E-state index in [2.05, 4.69) is 11.6 Å². The largest absolute Gasteiger partial charge is 0.417 e. The number of aliphatic hydroxyl groups excluding tert-OH is 1. The average Bonchev–Trinajstić information content (AvgIpc) is 3.07. The topological polar surface area (TPSA) is 78.7 Å². The number of carbonyl (C=O) groups excluding carboxylic acids is 1. The van der Waals surface area contributed by atoms with Crippen molar-refractivity contribution >= 4 is 46.0 Å². The molecule has 39 heavy (non-hydrogen) atoms. The lowest BCUT2D eigenvalue weighted by atomic mass is 9.95. The van der Waals surface area contributed by atoms with Crippen LogP contribution in [0.15, 0.2) is 40.5 Å².